The monoisotopic (exact) mass is 332 g/mol. The zero-order valence-corrected chi connectivity index (χ0v) is 13.7. The van der Waals surface area contributed by atoms with E-state index in [1.54, 1.807) is 19.2 Å². The van der Waals surface area contributed by atoms with Gasteiger partial charge >= 0.3 is 6.03 Å². The van der Waals surface area contributed by atoms with Crippen LogP contribution in [0.25, 0.3) is 0 Å². The second kappa shape index (κ2) is 8.76. The molecule has 128 valence electrons. The van der Waals surface area contributed by atoms with Crippen molar-refractivity contribution >= 4 is 6.03 Å². The zero-order valence-electron chi connectivity index (χ0n) is 13.7. The minimum Gasteiger partial charge on any atom is -0.496 e. The molecule has 2 aromatic carbocycles. The van der Waals surface area contributed by atoms with E-state index in [-0.39, 0.29) is 24.5 Å². The Morgan fingerprint density at radius 2 is 1.88 bits per heavy atom. The summed E-state index contributed by atoms with van der Waals surface area (Å²) in [6, 6.07) is 12.7. The summed E-state index contributed by atoms with van der Waals surface area (Å²) in [6.07, 6.45) is 0. The molecule has 0 bridgehead atoms. The van der Waals surface area contributed by atoms with Crippen molar-refractivity contribution in [2.24, 2.45) is 0 Å². The maximum absolute atomic E-state index is 12.8. The number of halogens is 1. The molecular weight excluding hydrogens is 311 g/mol. The smallest absolute Gasteiger partial charge is 0.315 e. The molecule has 6 heteroatoms. The first kappa shape index (κ1) is 17.6. The molecule has 1 unspecified atom stereocenters. The summed E-state index contributed by atoms with van der Waals surface area (Å²) in [5, 5.41) is 5.55. The molecule has 5 nitrogen and oxygen atoms in total. The fraction of sp³-hybridized carbons (Fsp3) is 0.278. The molecule has 24 heavy (non-hydrogen) atoms. The number of carbonyl (C=O) groups is 1. The van der Waals surface area contributed by atoms with E-state index in [4.69, 9.17) is 9.47 Å². The Morgan fingerprint density at radius 3 is 2.58 bits per heavy atom. The van der Waals surface area contributed by atoms with Gasteiger partial charge in [-0.2, -0.15) is 0 Å². The lowest BCUT2D eigenvalue weighted by Crippen LogP contribution is -2.43. The van der Waals surface area contributed by atoms with Crippen LogP contribution in [-0.2, 0) is 6.54 Å². The summed E-state index contributed by atoms with van der Waals surface area (Å²) in [7, 11) is 1.59. The van der Waals surface area contributed by atoms with Gasteiger partial charge in [-0.1, -0.05) is 18.2 Å². The Bertz CT molecular complexity index is 662. The lowest BCUT2D eigenvalue weighted by molar-refractivity contribution is 0.226. The topological polar surface area (TPSA) is 59.6 Å². The molecule has 2 N–H and O–H groups in total. The Morgan fingerprint density at radius 1 is 1.17 bits per heavy atom. The van der Waals surface area contributed by atoms with Gasteiger partial charge in [0.15, 0.2) is 0 Å². The molecule has 0 aliphatic heterocycles. The van der Waals surface area contributed by atoms with Gasteiger partial charge < -0.3 is 20.1 Å². The minimum absolute atomic E-state index is 0.201. The largest absolute Gasteiger partial charge is 0.496 e. The highest BCUT2D eigenvalue weighted by atomic mass is 19.1. The van der Waals surface area contributed by atoms with Crippen molar-refractivity contribution in [2.75, 3.05) is 13.7 Å². The van der Waals surface area contributed by atoms with Crippen molar-refractivity contribution in [3.05, 3.63) is 59.9 Å². The standard InChI is InChI=1S/C18H21FN2O3/c1-13(12-24-16-9-7-15(19)8-10-16)21-18(22)20-11-14-5-3-4-6-17(14)23-2/h3-10,13H,11-12H2,1-2H3,(H2,20,21,22). The molecule has 0 aliphatic rings. The first-order valence-corrected chi connectivity index (χ1v) is 7.63. The van der Waals surface area contributed by atoms with E-state index >= 15 is 0 Å². The summed E-state index contributed by atoms with van der Waals surface area (Å²) < 4.78 is 23.5. The summed E-state index contributed by atoms with van der Waals surface area (Å²) >= 11 is 0. The number of carbonyl (C=O) groups excluding carboxylic acids is 1. The molecule has 2 amide bonds. The molecule has 0 saturated carbocycles. The summed E-state index contributed by atoms with van der Waals surface area (Å²) in [5.41, 5.74) is 0.894. The Balaban J connectivity index is 1.74. The highest BCUT2D eigenvalue weighted by Crippen LogP contribution is 2.16. The number of amides is 2. The first-order chi connectivity index (χ1) is 11.6. The molecule has 1 atom stereocenters. The molecule has 2 rings (SSSR count). The molecule has 0 aromatic heterocycles. The van der Waals surface area contributed by atoms with Crippen molar-refractivity contribution in [2.45, 2.75) is 19.5 Å². The van der Waals surface area contributed by atoms with E-state index in [0.717, 1.165) is 11.3 Å². The number of hydrogen-bond acceptors (Lipinski definition) is 3. The lowest BCUT2D eigenvalue weighted by Gasteiger charge is -2.16. The van der Waals surface area contributed by atoms with Crippen LogP contribution in [0.5, 0.6) is 11.5 Å². The highest BCUT2D eigenvalue weighted by Gasteiger charge is 2.09. The number of methoxy groups -OCH3 is 1. The lowest BCUT2D eigenvalue weighted by atomic mass is 10.2. The van der Waals surface area contributed by atoms with Gasteiger partial charge in [0.25, 0.3) is 0 Å². The number of nitrogens with one attached hydrogen (secondary N) is 2. The number of rotatable bonds is 7. The van der Waals surface area contributed by atoms with Gasteiger partial charge in [0.2, 0.25) is 0 Å². The maximum Gasteiger partial charge on any atom is 0.315 e. The Labute approximate surface area is 140 Å². The van der Waals surface area contributed by atoms with Crippen LogP contribution in [-0.4, -0.2) is 25.8 Å². The van der Waals surface area contributed by atoms with Crippen LogP contribution in [0.4, 0.5) is 9.18 Å². The maximum atomic E-state index is 12.8. The van der Waals surface area contributed by atoms with Gasteiger partial charge in [-0.3, -0.25) is 0 Å². The van der Waals surface area contributed by atoms with Crippen molar-refractivity contribution in [3.63, 3.8) is 0 Å². The van der Waals surface area contributed by atoms with Crippen LogP contribution in [0.1, 0.15) is 12.5 Å². The highest BCUT2D eigenvalue weighted by molar-refractivity contribution is 5.74. The van der Waals surface area contributed by atoms with Gasteiger partial charge in [-0.25, -0.2) is 9.18 Å². The summed E-state index contributed by atoms with van der Waals surface area (Å²) in [5.74, 6) is 0.967. The van der Waals surface area contributed by atoms with E-state index in [1.165, 1.54) is 12.1 Å². The van der Waals surface area contributed by atoms with Crippen LogP contribution in [0.3, 0.4) is 0 Å². The summed E-state index contributed by atoms with van der Waals surface area (Å²) in [6.45, 7) is 2.47. The van der Waals surface area contributed by atoms with E-state index in [1.807, 2.05) is 31.2 Å². The van der Waals surface area contributed by atoms with Gasteiger partial charge in [0.05, 0.1) is 13.2 Å². The van der Waals surface area contributed by atoms with Gasteiger partial charge in [-0.05, 0) is 37.3 Å². The van der Waals surface area contributed by atoms with Crippen molar-refractivity contribution in [1.82, 2.24) is 10.6 Å². The Hall–Kier alpha value is -2.76. The molecular formula is C18H21FN2O3. The van der Waals surface area contributed by atoms with Crippen molar-refractivity contribution in [3.8, 4) is 11.5 Å². The molecule has 0 aliphatic carbocycles. The predicted octanol–water partition coefficient (Wildman–Crippen LogP) is 3.10. The second-order valence-corrected chi connectivity index (χ2v) is 5.30. The molecule has 0 fully saturated rings. The molecule has 0 saturated heterocycles. The number of ether oxygens (including phenoxy) is 2. The normalized spacial score (nSPS) is 11.5. The van der Waals surface area contributed by atoms with Gasteiger partial charge in [0.1, 0.15) is 23.9 Å². The van der Waals surface area contributed by atoms with Crippen molar-refractivity contribution in [1.29, 1.82) is 0 Å². The van der Waals surface area contributed by atoms with Crippen LogP contribution in [0.15, 0.2) is 48.5 Å². The van der Waals surface area contributed by atoms with Crippen LogP contribution < -0.4 is 20.1 Å². The van der Waals surface area contributed by atoms with E-state index < -0.39 is 0 Å². The fourth-order valence-corrected chi connectivity index (χ4v) is 2.09. The predicted molar refractivity (Wildman–Crippen MR) is 89.7 cm³/mol. The second-order valence-electron chi connectivity index (χ2n) is 5.30. The molecule has 0 spiro atoms. The Kier molecular flexibility index (Phi) is 6.42. The minimum atomic E-state index is -0.316. The molecule has 0 radical (unpaired) electrons. The quantitative estimate of drug-likeness (QED) is 0.819. The summed E-state index contributed by atoms with van der Waals surface area (Å²) in [4.78, 5) is 11.9. The van der Waals surface area contributed by atoms with Gasteiger partial charge in [-0.15, -0.1) is 0 Å². The zero-order chi connectivity index (χ0) is 17.4. The number of urea groups is 1. The first-order valence-electron chi connectivity index (χ1n) is 7.63. The fourth-order valence-electron chi connectivity index (χ4n) is 2.09. The number of hydrogen-bond donors (Lipinski definition) is 2. The number of para-hydroxylation sites is 1. The third kappa shape index (κ3) is 5.46. The van der Waals surface area contributed by atoms with E-state index in [2.05, 4.69) is 10.6 Å². The third-order valence-electron chi connectivity index (χ3n) is 3.32. The average molecular weight is 332 g/mol. The van der Waals surface area contributed by atoms with Gasteiger partial charge in [0, 0.05) is 12.1 Å². The number of benzene rings is 2. The average Bonchev–Trinajstić information content (AvgIpc) is 2.59. The van der Waals surface area contributed by atoms with E-state index in [9.17, 15) is 9.18 Å². The van der Waals surface area contributed by atoms with E-state index in [0.29, 0.717) is 12.3 Å². The van der Waals surface area contributed by atoms with Crippen LogP contribution in [0.2, 0.25) is 0 Å². The van der Waals surface area contributed by atoms with Crippen LogP contribution in [0, 0.1) is 5.82 Å². The van der Waals surface area contributed by atoms with Crippen LogP contribution >= 0.6 is 0 Å². The third-order valence-corrected chi connectivity index (χ3v) is 3.32. The SMILES string of the molecule is COc1ccccc1CNC(=O)NC(C)COc1ccc(F)cc1. The molecule has 0 heterocycles. The van der Waals surface area contributed by atoms with Crippen molar-refractivity contribution < 1.29 is 18.7 Å². The molecule has 2 aromatic rings.